The van der Waals surface area contributed by atoms with E-state index in [0.717, 1.165) is 0 Å². The van der Waals surface area contributed by atoms with Crippen molar-refractivity contribution in [3.05, 3.63) is 23.8 Å². The van der Waals surface area contributed by atoms with Crippen LogP contribution in [0, 0.1) is 0 Å². The smallest absolute Gasteiger partial charge is 0.352 e. The number of pyridine rings is 1. The number of fused-ring (bicyclic) bond motifs is 1. The second kappa shape index (κ2) is 4.28. The second-order valence-electron chi connectivity index (χ2n) is 3.53. The molecule has 18 heavy (non-hydrogen) atoms. The van der Waals surface area contributed by atoms with E-state index in [1.54, 1.807) is 6.92 Å². The van der Waals surface area contributed by atoms with E-state index in [4.69, 9.17) is 0 Å². The van der Waals surface area contributed by atoms with Gasteiger partial charge in [0.2, 0.25) is 5.82 Å². The first-order valence-corrected chi connectivity index (χ1v) is 5.12. The first-order chi connectivity index (χ1) is 8.43. The van der Waals surface area contributed by atoms with Crippen LogP contribution in [0.3, 0.4) is 0 Å². The van der Waals surface area contributed by atoms with E-state index in [1.807, 2.05) is 0 Å². The van der Waals surface area contributed by atoms with Gasteiger partial charge < -0.3 is 10.3 Å². The van der Waals surface area contributed by atoms with Crippen LogP contribution in [0.1, 0.15) is 23.1 Å². The highest BCUT2D eigenvalue weighted by molar-refractivity contribution is 6.04. The summed E-state index contributed by atoms with van der Waals surface area (Å²) in [5.74, 6) is -1.65. The molecular formula is C10H9F3N4O. The molecule has 2 aromatic heterocycles. The lowest BCUT2D eigenvalue weighted by Gasteiger charge is -2.01. The molecule has 0 aliphatic carbocycles. The highest BCUT2D eigenvalue weighted by Gasteiger charge is 2.35. The number of carbonyl (C=O) groups excluding carboxylic acids is 1. The minimum atomic E-state index is -4.59. The second-order valence-corrected chi connectivity index (χ2v) is 3.53. The van der Waals surface area contributed by atoms with Crippen LogP contribution in [0.4, 0.5) is 13.2 Å². The van der Waals surface area contributed by atoms with Crippen LogP contribution in [0.15, 0.2) is 12.4 Å². The van der Waals surface area contributed by atoms with E-state index >= 15 is 0 Å². The molecule has 0 bridgehead atoms. The molecule has 0 aliphatic heterocycles. The Morgan fingerprint density at radius 1 is 1.44 bits per heavy atom. The predicted octanol–water partition coefficient (Wildman–Crippen LogP) is 1.73. The normalized spacial score (nSPS) is 11.8. The maximum absolute atomic E-state index is 12.5. The van der Waals surface area contributed by atoms with Gasteiger partial charge in [-0.25, -0.2) is 4.98 Å². The van der Waals surface area contributed by atoms with Crippen molar-refractivity contribution in [3.63, 3.8) is 0 Å². The third-order valence-corrected chi connectivity index (χ3v) is 2.24. The number of imidazole rings is 1. The average Bonchev–Trinajstić information content (AvgIpc) is 2.72. The number of amides is 1. The van der Waals surface area contributed by atoms with Crippen molar-refractivity contribution >= 4 is 16.9 Å². The fourth-order valence-corrected chi connectivity index (χ4v) is 1.49. The van der Waals surface area contributed by atoms with E-state index in [1.165, 1.54) is 12.4 Å². The Labute approximate surface area is 99.4 Å². The number of nitrogens with zero attached hydrogens (tertiary/aromatic N) is 2. The predicted molar refractivity (Wildman–Crippen MR) is 56.9 cm³/mol. The standard InChI is InChI=1S/C10H9F3N4O/c1-2-15-8(18)5-3-14-4-6-7(5)17-9(16-6)10(11,12)13/h3-4H,2H2,1H3,(H,15,18)(H,16,17). The van der Waals surface area contributed by atoms with Gasteiger partial charge in [-0.15, -0.1) is 0 Å². The molecule has 2 heterocycles. The number of hydrogen-bond donors (Lipinski definition) is 2. The van der Waals surface area contributed by atoms with E-state index < -0.39 is 17.9 Å². The van der Waals surface area contributed by atoms with Gasteiger partial charge in [0, 0.05) is 12.7 Å². The summed E-state index contributed by atoms with van der Waals surface area (Å²) in [6, 6.07) is 0. The van der Waals surface area contributed by atoms with Gasteiger partial charge in [-0.3, -0.25) is 9.78 Å². The fourth-order valence-electron chi connectivity index (χ4n) is 1.49. The van der Waals surface area contributed by atoms with Crippen LogP contribution in [0.25, 0.3) is 11.0 Å². The van der Waals surface area contributed by atoms with Gasteiger partial charge in [0.25, 0.3) is 5.91 Å². The first-order valence-electron chi connectivity index (χ1n) is 5.12. The molecule has 5 nitrogen and oxygen atoms in total. The van der Waals surface area contributed by atoms with Gasteiger partial charge in [-0.1, -0.05) is 0 Å². The zero-order chi connectivity index (χ0) is 13.3. The molecule has 1 amide bonds. The fraction of sp³-hybridized carbons (Fsp3) is 0.300. The molecule has 2 rings (SSSR count). The van der Waals surface area contributed by atoms with Crippen LogP contribution in [0.5, 0.6) is 0 Å². The summed E-state index contributed by atoms with van der Waals surface area (Å²) in [6.45, 7) is 2.07. The topological polar surface area (TPSA) is 70.7 Å². The number of aromatic amines is 1. The van der Waals surface area contributed by atoms with Gasteiger partial charge in [-0.05, 0) is 6.92 Å². The maximum atomic E-state index is 12.5. The number of H-pyrrole nitrogens is 1. The monoisotopic (exact) mass is 258 g/mol. The van der Waals surface area contributed by atoms with Crippen molar-refractivity contribution in [2.45, 2.75) is 13.1 Å². The molecule has 0 saturated carbocycles. The van der Waals surface area contributed by atoms with E-state index in [-0.39, 0.29) is 16.6 Å². The third kappa shape index (κ3) is 2.13. The lowest BCUT2D eigenvalue weighted by molar-refractivity contribution is -0.144. The number of carbonyl (C=O) groups is 1. The quantitative estimate of drug-likeness (QED) is 0.861. The SMILES string of the molecule is CCNC(=O)c1cncc2[nH]c(C(F)(F)F)nc12. The van der Waals surface area contributed by atoms with Crippen molar-refractivity contribution in [1.29, 1.82) is 0 Å². The molecule has 0 atom stereocenters. The molecule has 96 valence electrons. The minimum absolute atomic E-state index is 0.0149. The summed E-state index contributed by atoms with van der Waals surface area (Å²) in [5.41, 5.74) is 0.0513. The lowest BCUT2D eigenvalue weighted by atomic mass is 10.2. The van der Waals surface area contributed by atoms with Crippen LogP contribution < -0.4 is 5.32 Å². The number of aromatic nitrogens is 3. The third-order valence-electron chi connectivity index (χ3n) is 2.24. The summed E-state index contributed by atoms with van der Waals surface area (Å²) >= 11 is 0. The number of alkyl halides is 3. The maximum Gasteiger partial charge on any atom is 0.449 e. The Morgan fingerprint density at radius 2 is 2.17 bits per heavy atom. The Bertz CT molecular complexity index is 590. The molecule has 0 fully saturated rings. The summed E-state index contributed by atoms with van der Waals surface area (Å²) in [4.78, 5) is 20.8. The lowest BCUT2D eigenvalue weighted by Crippen LogP contribution is -2.23. The first kappa shape index (κ1) is 12.3. The van der Waals surface area contributed by atoms with Crippen molar-refractivity contribution < 1.29 is 18.0 Å². The van der Waals surface area contributed by atoms with Crippen molar-refractivity contribution in [2.75, 3.05) is 6.54 Å². The molecule has 0 radical (unpaired) electrons. The number of hydrogen-bond acceptors (Lipinski definition) is 3. The molecule has 8 heteroatoms. The van der Waals surface area contributed by atoms with Gasteiger partial charge in [-0.2, -0.15) is 13.2 Å². The highest BCUT2D eigenvalue weighted by atomic mass is 19.4. The van der Waals surface area contributed by atoms with Gasteiger partial charge in [0.05, 0.1) is 17.3 Å². The van der Waals surface area contributed by atoms with E-state index in [2.05, 4.69) is 20.3 Å². The van der Waals surface area contributed by atoms with Crippen molar-refractivity contribution in [1.82, 2.24) is 20.3 Å². The molecule has 0 aromatic carbocycles. The molecule has 2 aromatic rings. The number of halogens is 3. The van der Waals surface area contributed by atoms with E-state index in [9.17, 15) is 18.0 Å². The largest absolute Gasteiger partial charge is 0.449 e. The Kier molecular flexibility index (Phi) is 2.93. The minimum Gasteiger partial charge on any atom is -0.352 e. The van der Waals surface area contributed by atoms with Gasteiger partial charge >= 0.3 is 6.18 Å². The summed E-state index contributed by atoms with van der Waals surface area (Å²) in [6.07, 6.45) is -2.20. The Balaban J connectivity index is 2.56. The molecule has 0 aliphatic rings. The Hall–Kier alpha value is -2.12. The molecule has 2 N–H and O–H groups in total. The molecule has 0 spiro atoms. The van der Waals surface area contributed by atoms with Crippen molar-refractivity contribution in [3.8, 4) is 0 Å². The molecule has 0 saturated heterocycles. The molecule has 0 unspecified atom stereocenters. The number of rotatable bonds is 2. The Morgan fingerprint density at radius 3 is 2.78 bits per heavy atom. The van der Waals surface area contributed by atoms with Crippen LogP contribution in [-0.2, 0) is 6.18 Å². The highest BCUT2D eigenvalue weighted by Crippen LogP contribution is 2.29. The summed E-state index contributed by atoms with van der Waals surface area (Å²) < 4.78 is 37.5. The summed E-state index contributed by atoms with van der Waals surface area (Å²) in [5, 5.41) is 2.49. The van der Waals surface area contributed by atoms with E-state index in [0.29, 0.717) is 6.54 Å². The average molecular weight is 258 g/mol. The molecular weight excluding hydrogens is 249 g/mol. The summed E-state index contributed by atoms with van der Waals surface area (Å²) in [7, 11) is 0. The van der Waals surface area contributed by atoms with Crippen LogP contribution in [0.2, 0.25) is 0 Å². The van der Waals surface area contributed by atoms with Crippen LogP contribution in [-0.4, -0.2) is 27.4 Å². The van der Waals surface area contributed by atoms with Gasteiger partial charge in [0.1, 0.15) is 5.52 Å². The van der Waals surface area contributed by atoms with Crippen molar-refractivity contribution in [2.24, 2.45) is 0 Å². The van der Waals surface area contributed by atoms with Gasteiger partial charge in [0.15, 0.2) is 0 Å². The zero-order valence-electron chi connectivity index (χ0n) is 9.30. The zero-order valence-corrected chi connectivity index (χ0v) is 9.30. The van der Waals surface area contributed by atoms with Crippen LogP contribution >= 0.6 is 0 Å². The number of nitrogens with one attached hydrogen (secondary N) is 2.